The maximum atomic E-state index is 11.6. The zero-order chi connectivity index (χ0) is 11.4. The second-order valence-corrected chi connectivity index (χ2v) is 3.24. The summed E-state index contributed by atoms with van der Waals surface area (Å²) in [5, 5.41) is 10.00. The van der Waals surface area contributed by atoms with Gasteiger partial charge in [-0.1, -0.05) is 17.3 Å². The second kappa shape index (κ2) is 4.43. The molecule has 0 radical (unpaired) electrons. The first-order valence-electron chi connectivity index (χ1n) is 4.74. The number of benzene rings is 1. The van der Waals surface area contributed by atoms with Crippen LogP contribution in [0.25, 0.3) is 0 Å². The first-order chi connectivity index (χ1) is 7.75. The van der Waals surface area contributed by atoms with E-state index in [0.717, 1.165) is 0 Å². The van der Waals surface area contributed by atoms with E-state index in [1.807, 2.05) is 6.07 Å². The Bertz CT molecular complexity index is 480. The van der Waals surface area contributed by atoms with Crippen molar-refractivity contribution in [2.45, 2.75) is 6.54 Å². The molecular formula is C10H11N5O. The van der Waals surface area contributed by atoms with Gasteiger partial charge in [0.1, 0.15) is 6.54 Å². The Balaban J connectivity index is 2.00. The second-order valence-electron chi connectivity index (χ2n) is 3.24. The summed E-state index contributed by atoms with van der Waals surface area (Å²) in [6.45, 7) is 0.119. The number of aromatic nitrogens is 3. The van der Waals surface area contributed by atoms with E-state index in [-0.39, 0.29) is 12.5 Å². The van der Waals surface area contributed by atoms with E-state index in [4.69, 9.17) is 5.73 Å². The SMILES string of the molecule is Nc1ccccc1NC(=O)Cn1ccnn1. The highest BCUT2D eigenvalue weighted by Crippen LogP contribution is 2.16. The molecular weight excluding hydrogens is 206 g/mol. The van der Waals surface area contributed by atoms with Crippen molar-refractivity contribution in [3.05, 3.63) is 36.7 Å². The molecule has 1 heterocycles. The number of hydrogen-bond acceptors (Lipinski definition) is 4. The van der Waals surface area contributed by atoms with Crippen molar-refractivity contribution in [2.75, 3.05) is 11.1 Å². The van der Waals surface area contributed by atoms with Gasteiger partial charge in [0.15, 0.2) is 0 Å². The Morgan fingerprint density at radius 2 is 2.25 bits per heavy atom. The standard InChI is InChI=1S/C10H11N5O/c11-8-3-1-2-4-9(8)13-10(16)7-15-6-5-12-14-15/h1-6H,7,11H2,(H,13,16). The Hall–Kier alpha value is -2.37. The lowest BCUT2D eigenvalue weighted by atomic mass is 10.2. The van der Waals surface area contributed by atoms with Gasteiger partial charge in [0.2, 0.25) is 5.91 Å². The molecule has 0 unspecified atom stereocenters. The van der Waals surface area contributed by atoms with Gasteiger partial charge in [-0.05, 0) is 12.1 Å². The molecule has 6 heteroatoms. The van der Waals surface area contributed by atoms with Crippen LogP contribution in [-0.2, 0) is 11.3 Å². The quantitative estimate of drug-likeness (QED) is 0.733. The molecule has 1 aromatic carbocycles. The van der Waals surface area contributed by atoms with Gasteiger partial charge in [-0.15, -0.1) is 5.10 Å². The molecule has 0 fully saturated rings. The fraction of sp³-hybridized carbons (Fsp3) is 0.100. The van der Waals surface area contributed by atoms with Crippen LogP contribution in [0.2, 0.25) is 0 Å². The minimum atomic E-state index is -0.191. The van der Waals surface area contributed by atoms with Gasteiger partial charge in [-0.3, -0.25) is 4.79 Å². The molecule has 0 spiro atoms. The van der Waals surface area contributed by atoms with Crippen LogP contribution in [0.5, 0.6) is 0 Å². The Kier molecular flexibility index (Phi) is 2.81. The number of nitrogens with two attached hydrogens (primary N) is 1. The van der Waals surface area contributed by atoms with Crippen LogP contribution in [0, 0.1) is 0 Å². The minimum absolute atomic E-state index is 0.119. The average molecular weight is 217 g/mol. The van der Waals surface area contributed by atoms with Crippen molar-refractivity contribution in [2.24, 2.45) is 0 Å². The summed E-state index contributed by atoms with van der Waals surface area (Å²) in [6.07, 6.45) is 3.14. The van der Waals surface area contributed by atoms with Crippen LogP contribution >= 0.6 is 0 Å². The summed E-state index contributed by atoms with van der Waals surface area (Å²) >= 11 is 0. The molecule has 1 aromatic heterocycles. The van der Waals surface area contributed by atoms with Gasteiger partial charge < -0.3 is 11.1 Å². The molecule has 2 aromatic rings. The first kappa shape index (κ1) is 10.2. The smallest absolute Gasteiger partial charge is 0.246 e. The summed E-state index contributed by atoms with van der Waals surface area (Å²) < 4.78 is 1.44. The number of amides is 1. The van der Waals surface area contributed by atoms with E-state index in [0.29, 0.717) is 11.4 Å². The van der Waals surface area contributed by atoms with Crippen molar-refractivity contribution in [3.63, 3.8) is 0 Å². The van der Waals surface area contributed by atoms with Crippen LogP contribution < -0.4 is 11.1 Å². The largest absolute Gasteiger partial charge is 0.397 e. The highest BCUT2D eigenvalue weighted by molar-refractivity contribution is 5.93. The van der Waals surface area contributed by atoms with Gasteiger partial charge in [0.05, 0.1) is 17.6 Å². The lowest BCUT2D eigenvalue weighted by Crippen LogP contribution is -2.19. The van der Waals surface area contributed by atoms with Crippen molar-refractivity contribution >= 4 is 17.3 Å². The number of rotatable bonds is 3. The Morgan fingerprint density at radius 3 is 2.94 bits per heavy atom. The summed E-state index contributed by atoms with van der Waals surface area (Å²) in [7, 11) is 0. The highest BCUT2D eigenvalue weighted by Gasteiger charge is 2.05. The number of nitrogens with one attached hydrogen (secondary N) is 1. The third-order valence-electron chi connectivity index (χ3n) is 2.01. The number of nitrogens with zero attached hydrogens (tertiary/aromatic N) is 3. The molecule has 0 saturated heterocycles. The molecule has 82 valence electrons. The number of para-hydroxylation sites is 2. The molecule has 2 rings (SSSR count). The molecule has 3 N–H and O–H groups in total. The first-order valence-corrected chi connectivity index (χ1v) is 4.74. The van der Waals surface area contributed by atoms with Crippen molar-refractivity contribution in [3.8, 4) is 0 Å². The number of anilines is 2. The molecule has 0 bridgehead atoms. The van der Waals surface area contributed by atoms with Gasteiger partial charge in [-0.25, -0.2) is 4.68 Å². The third kappa shape index (κ3) is 2.35. The number of hydrogen-bond donors (Lipinski definition) is 2. The normalized spacial score (nSPS) is 10.0. The molecule has 1 amide bonds. The van der Waals surface area contributed by atoms with E-state index in [9.17, 15) is 4.79 Å². The molecule has 6 nitrogen and oxygen atoms in total. The summed E-state index contributed by atoms with van der Waals surface area (Å²) in [4.78, 5) is 11.6. The van der Waals surface area contributed by atoms with Crippen LogP contribution in [-0.4, -0.2) is 20.9 Å². The maximum Gasteiger partial charge on any atom is 0.246 e. The van der Waals surface area contributed by atoms with Crippen LogP contribution in [0.1, 0.15) is 0 Å². The van der Waals surface area contributed by atoms with Crippen LogP contribution in [0.15, 0.2) is 36.7 Å². The molecule has 16 heavy (non-hydrogen) atoms. The molecule has 0 aliphatic rings. The third-order valence-corrected chi connectivity index (χ3v) is 2.01. The Labute approximate surface area is 92.1 Å². The molecule has 0 aliphatic heterocycles. The topological polar surface area (TPSA) is 85.8 Å². The molecule has 0 aliphatic carbocycles. The lowest BCUT2D eigenvalue weighted by Gasteiger charge is -2.07. The van der Waals surface area contributed by atoms with E-state index in [1.165, 1.54) is 10.9 Å². The Morgan fingerprint density at radius 1 is 1.44 bits per heavy atom. The van der Waals surface area contributed by atoms with Crippen molar-refractivity contribution < 1.29 is 4.79 Å². The van der Waals surface area contributed by atoms with E-state index < -0.39 is 0 Å². The highest BCUT2D eigenvalue weighted by atomic mass is 16.2. The van der Waals surface area contributed by atoms with Gasteiger partial charge in [0.25, 0.3) is 0 Å². The molecule has 0 saturated carbocycles. The zero-order valence-corrected chi connectivity index (χ0v) is 8.50. The van der Waals surface area contributed by atoms with Gasteiger partial charge in [-0.2, -0.15) is 0 Å². The summed E-state index contributed by atoms with van der Waals surface area (Å²) in [6, 6.07) is 7.09. The number of carbonyl (C=O) groups excluding carboxylic acids is 1. The van der Waals surface area contributed by atoms with E-state index in [1.54, 1.807) is 24.4 Å². The average Bonchev–Trinajstić information content (AvgIpc) is 2.74. The van der Waals surface area contributed by atoms with Gasteiger partial charge in [0, 0.05) is 6.20 Å². The summed E-state index contributed by atoms with van der Waals surface area (Å²) in [5.41, 5.74) is 6.83. The number of carbonyl (C=O) groups is 1. The van der Waals surface area contributed by atoms with Crippen molar-refractivity contribution in [1.29, 1.82) is 0 Å². The lowest BCUT2D eigenvalue weighted by molar-refractivity contribution is -0.116. The predicted molar refractivity (Wildman–Crippen MR) is 59.5 cm³/mol. The van der Waals surface area contributed by atoms with E-state index in [2.05, 4.69) is 15.6 Å². The van der Waals surface area contributed by atoms with E-state index >= 15 is 0 Å². The molecule has 0 atom stereocenters. The predicted octanol–water partition coefficient (Wildman–Crippen LogP) is 0.499. The van der Waals surface area contributed by atoms with Crippen LogP contribution in [0.4, 0.5) is 11.4 Å². The zero-order valence-electron chi connectivity index (χ0n) is 8.50. The van der Waals surface area contributed by atoms with Gasteiger partial charge >= 0.3 is 0 Å². The number of nitrogen functional groups attached to an aromatic ring is 1. The minimum Gasteiger partial charge on any atom is -0.397 e. The van der Waals surface area contributed by atoms with Crippen LogP contribution in [0.3, 0.4) is 0 Å². The maximum absolute atomic E-state index is 11.6. The summed E-state index contributed by atoms with van der Waals surface area (Å²) in [5.74, 6) is -0.191. The monoisotopic (exact) mass is 217 g/mol. The fourth-order valence-corrected chi connectivity index (χ4v) is 1.26. The van der Waals surface area contributed by atoms with Crippen molar-refractivity contribution in [1.82, 2.24) is 15.0 Å². The fourth-order valence-electron chi connectivity index (χ4n) is 1.26.